The predicted octanol–water partition coefficient (Wildman–Crippen LogP) is 1.43. The third-order valence-electron chi connectivity index (χ3n) is 1.43. The van der Waals surface area contributed by atoms with Crippen molar-refractivity contribution in [1.29, 1.82) is 0 Å². The zero-order chi connectivity index (χ0) is 11.3. The van der Waals surface area contributed by atoms with Gasteiger partial charge in [-0.1, -0.05) is 0 Å². The second-order valence-corrected chi connectivity index (χ2v) is 2.46. The van der Waals surface area contributed by atoms with E-state index in [-0.39, 0.29) is 11.6 Å². The number of anilines is 1. The quantitative estimate of drug-likeness (QED) is 0.805. The van der Waals surface area contributed by atoms with Gasteiger partial charge in [0.15, 0.2) is 0 Å². The van der Waals surface area contributed by atoms with Gasteiger partial charge in [0.1, 0.15) is 11.6 Å². The molecule has 1 aromatic rings. The van der Waals surface area contributed by atoms with E-state index in [4.69, 9.17) is 0 Å². The number of aromatic nitrogens is 1. The molecule has 1 heterocycles. The fraction of sp³-hybridized carbons (Fsp3) is 0.250. The summed E-state index contributed by atoms with van der Waals surface area (Å²) in [6, 6.07) is 2.20. The summed E-state index contributed by atoms with van der Waals surface area (Å²) in [5, 5.41) is 4.69. The van der Waals surface area contributed by atoms with Gasteiger partial charge in [0.25, 0.3) is 0 Å². The molecular formula is C8H9F2N3O2. The topological polar surface area (TPSA) is 63.2 Å². The van der Waals surface area contributed by atoms with Crippen molar-refractivity contribution in [3.8, 4) is 5.75 Å². The number of carbonyl (C=O) groups is 1. The normalized spacial score (nSPS) is 9.87. The molecule has 0 saturated carbocycles. The molecular weight excluding hydrogens is 208 g/mol. The molecule has 0 aliphatic heterocycles. The van der Waals surface area contributed by atoms with Gasteiger partial charge in [-0.2, -0.15) is 8.78 Å². The van der Waals surface area contributed by atoms with Crippen LogP contribution in [0.3, 0.4) is 0 Å². The number of nitrogens with one attached hydrogen (secondary N) is 2. The zero-order valence-electron chi connectivity index (χ0n) is 7.83. The maximum Gasteiger partial charge on any atom is 0.387 e. The van der Waals surface area contributed by atoms with Crippen molar-refractivity contribution in [2.75, 3.05) is 12.4 Å². The maximum absolute atomic E-state index is 11.8. The molecule has 2 N–H and O–H groups in total. The minimum absolute atomic E-state index is 0.0625. The number of carbonyl (C=O) groups excluding carboxylic acids is 1. The average Bonchev–Trinajstić information content (AvgIpc) is 2.20. The maximum atomic E-state index is 11.8. The number of hydrogen-bond acceptors (Lipinski definition) is 3. The molecule has 82 valence electrons. The van der Waals surface area contributed by atoms with Gasteiger partial charge in [0.2, 0.25) is 0 Å². The fourth-order valence-electron chi connectivity index (χ4n) is 0.806. The molecule has 0 atom stereocenters. The summed E-state index contributed by atoms with van der Waals surface area (Å²) in [6.07, 6.45) is 1.09. The highest BCUT2D eigenvalue weighted by molar-refractivity contribution is 5.87. The molecule has 0 saturated heterocycles. The highest BCUT2D eigenvalue weighted by Gasteiger charge is 2.05. The van der Waals surface area contributed by atoms with Gasteiger partial charge in [-0.15, -0.1) is 0 Å². The molecule has 1 rings (SSSR count). The van der Waals surface area contributed by atoms with E-state index in [1.54, 1.807) is 0 Å². The van der Waals surface area contributed by atoms with Crippen LogP contribution >= 0.6 is 0 Å². The monoisotopic (exact) mass is 217 g/mol. The number of urea groups is 1. The van der Waals surface area contributed by atoms with Crippen LogP contribution in [-0.2, 0) is 0 Å². The Kier molecular flexibility index (Phi) is 3.78. The number of rotatable bonds is 3. The smallest absolute Gasteiger partial charge is 0.387 e. The SMILES string of the molecule is CNC(=O)Nc1ccc(OC(F)F)cn1. The zero-order valence-corrected chi connectivity index (χ0v) is 7.83. The number of halogens is 2. The van der Waals surface area contributed by atoms with Gasteiger partial charge >= 0.3 is 12.6 Å². The van der Waals surface area contributed by atoms with Crippen LogP contribution in [0.5, 0.6) is 5.75 Å². The number of alkyl halides is 2. The van der Waals surface area contributed by atoms with E-state index in [0.29, 0.717) is 0 Å². The van der Waals surface area contributed by atoms with Crippen LogP contribution in [0, 0.1) is 0 Å². The molecule has 0 aliphatic rings. The second kappa shape index (κ2) is 5.08. The van der Waals surface area contributed by atoms with Gasteiger partial charge in [-0.05, 0) is 12.1 Å². The van der Waals surface area contributed by atoms with Gasteiger partial charge in [-0.3, -0.25) is 5.32 Å². The van der Waals surface area contributed by atoms with Crippen LogP contribution in [0.2, 0.25) is 0 Å². The third kappa shape index (κ3) is 3.75. The van der Waals surface area contributed by atoms with Gasteiger partial charge in [-0.25, -0.2) is 9.78 Å². The van der Waals surface area contributed by atoms with E-state index in [0.717, 1.165) is 6.20 Å². The van der Waals surface area contributed by atoms with Crippen LogP contribution < -0.4 is 15.4 Å². The first kappa shape index (κ1) is 11.2. The lowest BCUT2D eigenvalue weighted by Crippen LogP contribution is -2.24. The van der Waals surface area contributed by atoms with Crippen molar-refractivity contribution in [2.45, 2.75) is 6.61 Å². The summed E-state index contributed by atoms with van der Waals surface area (Å²) in [6.45, 7) is -2.88. The third-order valence-corrected chi connectivity index (χ3v) is 1.43. The van der Waals surface area contributed by atoms with E-state index in [9.17, 15) is 13.6 Å². The van der Waals surface area contributed by atoms with Crippen LogP contribution in [-0.4, -0.2) is 24.7 Å². The van der Waals surface area contributed by atoms with Crippen molar-refractivity contribution in [3.05, 3.63) is 18.3 Å². The van der Waals surface area contributed by atoms with E-state index in [2.05, 4.69) is 20.4 Å². The molecule has 7 heteroatoms. The lowest BCUT2D eigenvalue weighted by Gasteiger charge is -2.05. The molecule has 0 unspecified atom stereocenters. The molecule has 0 aliphatic carbocycles. The summed E-state index contributed by atoms with van der Waals surface area (Å²) < 4.78 is 27.6. The number of nitrogens with zero attached hydrogens (tertiary/aromatic N) is 1. The van der Waals surface area contributed by atoms with E-state index in [1.165, 1.54) is 19.2 Å². The first-order chi connectivity index (χ1) is 7.11. The van der Waals surface area contributed by atoms with Crippen LogP contribution in [0.1, 0.15) is 0 Å². The largest absolute Gasteiger partial charge is 0.433 e. The summed E-state index contributed by atoms with van der Waals surface area (Å²) in [5.74, 6) is 0.184. The van der Waals surface area contributed by atoms with Crippen molar-refractivity contribution < 1.29 is 18.3 Å². The van der Waals surface area contributed by atoms with E-state index >= 15 is 0 Å². The average molecular weight is 217 g/mol. The highest BCUT2D eigenvalue weighted by Crippen LogP contribution is 2.14. The lowest BCUT2D eigenvalue weighted by atomic mass is 10.4. The van der Waals surface area contributed by atoms with Crippen molar-refractivity contribution >= 4 is 11.8 Å². The Bertz CT molecular complexity index is 329. The Morgan fingerprint density at radius 1 is 1.53 bits per heavy atom. The molecule has 0 bridgehead atoms. The highest BCUT2D eigenvalue weighted by atomic mass is 19.3. The van der Waals surface area contributed by atoms with Crippen molar-refractivity contribution in [1.82, 2.24) is 10.3 Å². The summed E-state index contributed by atoms with van der Waals surface area (Å²) in [5.41, 5.74) is 0. The Morgan fingerprint density at radius 2 is 2.27 bits per heavy atom. The van der Waals surface area contributed by atoms with E-state index < -0.39 is 12.6 Å². The van der Waals surface area contributed by atoms with E-state index in [1.807, 2.05) is 0 Å². The van der Waals surface area contributed by atoms with Crippen LogP contribution in [0.4, 0.5) is 19.4 Å². The van der Waals surface area contributed by atoms with Crippen LogP contribution in [0.15, 0.2) is 18.3 Å². The molecule has 1 aromatic heterocycles. The summed E-state index contributed by atoms with van der Waals surface area (Å²) >= 11 is 0. The molecule has 0 radical (unpaired) electrons. The molecule has 5 nitrogen and oxygen atoms in total. The number of ether oxygens (including phenoxy) is 1. The Morgan fingerprint density at radius 3 is 2.73 bits per heavy atom. The number of pyridine rings is 1. The minimum Gasteiger partial charge on any atom is -0.433 e. The first-order valence-electron chi connectivity index (χ1n) is 4.01. The molecule has 0 spiro atoms. The Labute approximate surface area is 84.5 Å². The van der Waals surface area contributed by atoms with Crippen LogP contribution in [0.25, 0.3) is 0 Å². The number of hydrogen-bond donors (Lipinski definition) is 2. The summed E-state index contributed by atoms with van der Waals surface area (Å²) in [7, 11) is 1.45. The molecule has 0 fully saturated rings. The van der Waals surface area contributed by atoms with Gasteiger partial charge in [0.05, 0.1) is 6.20 Å². The lowest BCUT2D eigenvalue weighted by molar-refractivity contribution is -0.0500. The summed E-state index contributed by atoms with van der Waals surface area (Å²) in [4.78, 5) is 14.5. The molecule has 2 amide bonds. The van der Waals surface area contributed by atoms with Crippen molar-refractivity contribution in [2.24, 2.45) is 0 Å². The van der Waals surface area contributed by atoms with Gasteiger partial charge in [0, 0.05) is 7.05 Å². The minimum atomic E-state index is -2.88. The fourth-order valence-corrected chi connectivity index (χ4v) is 0.806. The number of amides is 2. The second-order valence-electron chi connectivity index (χ2n) is 2.46. The Balaban J connectivity index is 2.60. The van der Waals surface area contributed by atoms with Crippen molar-refractivity contribution in [3.63, 3.8) is 0 Å². The standard InChI is InChI=1S/C8H9F2N3O2/c1-11-8(14)13-6-3-2-5(4-12-6)15-7(9)10/h2-4,7H,1H3,(H2,11,12,13,14). The first-order valence-corrected chi connectivity index (χ1v) is 4.01. The molecule has 0 aromatic carbocycles. The molecule has 15 heavy (non-hydrogen) atoms. The Hall–Kier alpha value is -1.92. The predicted molar refractivity (Wildman–Crippen MR) is 48.9 cm³/mol. The van der Waals surface area contributed by atoms with Gasteiger partial charge < -0.3 is 10.1 Å².